The van der Waals surface area contributed by atoms with E-state index in [9.17, 15) is 4.79 Å². The Bertz CT molecular complexity index is 726. The highest BCUT2D eigenvalue weighted by molar-refractivity contribution is 5.75. The number of piperazine rings is 1. The Morgan fingerprint density at radius 3 is 2.48 bits per heavy atom. The van der Waals surface area contributed by atoms with E-state index in [4.69, 9.17) is 0 Å². The Kier molecular flexibility index (Phi) is 5.16. The number of urea groups is 1. The highest BCUT2D eigenvalue weighted by Gasteiger charge is 2.23. The molecule has 6 nitrogen and oxygen atoms in total. The van der Waals surface area contributed by atoms with Crippen LogP contribution in [0.15, 0.2) is 36.7 Å². The first-order valence-corrected chi connectivity index (χ1v) is 8.69. The SMILES string of the molecule is Cc1ccc(C)c([C@H](C)NC(=O)N2CCN(c3ncccn3)CC2)c1. The number of carbonyl (C=O) groups excluding carboxylic acids is 1. The van der Waals surface area contributed by atoms with E-state index in [-0.39, 0.29) is 12.1 Å². The first-order chi connectivity index (χ1) is 12.0. The maximum Gasteiger partial charge on any atom is 0.317 e. The normalized spacial score (nSPS) is 15.8. The van der Waals surface area contributed by atoms with Crippen LogP contribution in [0.3, 0.4) is 0 Å². The number of hydrogen-bond acceptors (Lipinski definition) is 4. The van der Waals surface area contributed by atoms with Crippen molar-refractivity contribution in [2.24, 2.45) is 0 Å². The zero-order valence-corrected chi connectivity index (χ0v) is 15.1. The summed E-state index contributed by atoms with van der Waals surface area (Å²) >= 11 is 0. The van der Waals surface area contributed by atoms with E-state index in [0.717, 1.165) is 19.0 Å². The molecule has 1 aliphatic rings. The van der Waals surface area contributed by atoms with Crippen LogP contribution in [0.5, 0.6) is 0 Å². The Morgan fingerprint density at radius 1 is 1.12 bits per heavy atom. The van der Waals surface area contributed by atoms with E-state index >= 15 is 0 Å². The molecule has 25 heavy (non-hydrogen) atoms. The molecule has 0 radical (unpaired) electrons. The average molecular weight is 339 g/mol. The molecule has 1 aromatic carbocycles. The minimum atomic E-state index is -0.0120. The van der Waals surface area contributed by atoms with Crippen molar-refractivity contribution in [3.63, 3.8) is 0 Å². The van der Waals surface area contributed by atoms with E-state index in [1.807, 2.05) is 17.9 Å². The second kappa shape index (κ2) is 7.51. The summed E-state index contributed by atoms with van der Waals surface area (Å²) in [6, 6.07) is 8.13. The third-order valence-electron chi connectivity index (χ3n) is 4.64. The number of nitrogens with one attached hydrogen (secondary N) is 1. The third-order valence-corrected chi connectivity index (χ3v) is 4.64. The fourth-order valence-corrected chi connectivity index (χ4v) is 3.14. The molecule has 1 aliphatic heterocycles. The topological polar surface area (TPSA) is 61.4 Å². The lowest BCUT2D eigenvalue weighted by Crippen LogP contribution is -2.52. The highest BCUT2D eigenvalue weighted by Crippen LogP contribution is 2.19. The van der Waals surface area contributed by atoms with E-state index in [2.05, 4.69) is 52.2 Å². The van der Waals surface area contributed by atoms with Crippen LogP contribution in [0.2, 0.25) is 0 Å². The van der Waals surface area contributed by atoms with Crippen LogP contribution in [0.1, 0.15) is 29.7 Å². The molecule has 2 amide bonds. The van der Waals surface area contributed by atoms with Gasteiger partial charge in [-0.25, -0.2) is 14.8 Å². The van der Waals surface area contributed by atoms with Gasteiger partial charge in [0.25, 0.3) is 0 Å². The van der Waals surface area contributed by atoms with Crippen LogP contribution in [0.25, 0.3) is 0 Å². The summed E-state index contributed by atoms with van der Waals surface area (Å²) in [7, 11) is 0. The van der Waals surface area contributed by atoms with Crippen molar-refractivity contribution in [2.45, 2.75) is 26.8 Å². The second-order valence-corrected chi connectivity index (χ2v) is 6.55. The summed E-state index contributed by atoms with van der Waals surface area (Å²) < 4.78 is 0. The van der Waals surface area contributed by atoms with Gasteiger partial charge in [0.05, 0.1) is 6.04 Å². The van der Waals surface area contributed by atoms with Crippen molar-refractivity contribution >= 4 is 12.0 Å². The number of rotatable bonds is 3. The minimum absolute atomic E-state index is 0.0112. The number of benzene rings is 1. The fraction of sp³-hybridized carbons (Fsp3) is 0.421. The summed E-state index contributed by atoms with van der Waals surface area (Å²) in [5, 5.41) is 3.13. The highest BCUT2D eigenvalue weighted by atomic mass is 16.2. The summed E-state index contributed by atoms with van der Waals surface area (Å²) in [6.45, 7) is 9.02. The number of carbonyl (C=O) groups is 1. The molecule has 1 aromatic heterocycles. The smallest absolute Gasteiger partial charge is 0.317 e. The Balaban J connectivity index is 1.57. The van der Waals surface area contributed by atoms with Crippen LogP contribution in [-0.2, 0) is 0 Å². The summed E-state index contributed by atoms with van der Waals surface area (Å²) in [5.74, 6) is 0.728. The van der Waals surface area contributed by atoms with Crippen molar-refractivity contribution in [1.82, 2.24) is 20.2 Å². The van der Waals surface area contributed by atoms with Crippen molar-refractivity contribution in [3.05, 3.63) is 53.3 Å². The van der Waals surface area contributed by atoms with Crippen LogP contribution >= 0.6 is 0 Å². The first-order valence-electron chi connectivity index (χ1n) is 8.69. The van der Waals surface area contributed by atoms with Gasteiger partial charge >= 0.3 is 6.03 Å². The van der Waals surface area contributed by atoms with Gasteiger partial charge in [0.2, 0.25) is 5.95 Å². The Hall–Kier alpha value is -2.63. The van der Waals surface area contributed by atoms with Crippen molar-refractivity contribution in [2.75, 3.05) is 31.1 Å². The molecular weight excluding hydrogens is 314 g/mol. The molecule has 1 saturated heterocycles. The number of hydrogen-bond donors (Lipinski definition) is 1. The van der Waals surface area contributed by atoms with E-state index in [1.54, 1.807) is 12.4 Å². The molecule has 2 aromatic rings. The molecular formula is C19H25N5O. The molecule has 1 fully saturated rings. The van der Waals surface area contributed by atoms with Gasteiger partial charge in [0, 0.05) is 38.6 Å². The van der Waals surface area contributed by atoms with Crippen molar-refractivity contribution < 1.29 is 4.79 Å². The number of aryl methyl sites for hydroxylation is 2. The zero-order valence-electron chi connectivity index (χ0n) is 15.1. The lowest BCUT2D eigenvalue weighted by molar-refractivity contribution is 0.191. The van der Waals surface area contributed by atoms with Gasteiger partial charge in [-0.05, 0) is 38.0 Å². The predicted molar refractivity (Wildman–Crippen MR) is 98.7 cm³/mol. The summed E-state index contributed by atoms with van der Waals surface area (Å²) in [6.07, 6.45) is 3.49. The maximum absolute atomic E-state index is 12.6. The standard InChI is InChI=1S/C19H25N5O/c1-14-5-6-15(2)17(13-14)16(3)22-19(25)24-11-9-23(10-12-24)18-20-7-4-8-21-18/h4-8,13,16H,9-12H2,1-3H3,(H,22,25)/t16-/m0/s1. The van der Waals surface area contributed by atoms with E-state index < -0.39 is 0 Å². The Labute approximate surface area is 148 Å². The predicted octanol–water partition coefficient (Wildman–Crippen LogP) is 2.69. The number of aromatic nitrogens is 2. The number of nitrogens with zero attached hydrogens (tertiary/aromatic N) is 4. The third kappa shape index (κ3) is 4.07. The number of amides is 2. The Morgan fingerprint density at radius 2 is 1.80 bits per heavy atom. The van der Waals surface area contributed by atoms with Gasteiger partial charge in [0.15, 0.2) is 0 Å². The van der Waals surface area contributed by atoms with Crippen LogP contribution < -0.4 is 10.2 Å². The largest absolute Gasteiger partial charge is 0.337 e. The summed E-state index contributed by atoms with van der Waals surface area (Å²) in [5.41, 5.74) is 3.58. The van der Waals surface area contributed by atoms with Gasteiger partial charge in [-0.2, -0.15) is 0 Å². The van der Waals surface area contributed by atoms with Crippen LogP contribution in [0.4, 0.5) is 10.7 Å². The van der Waals surface area contributed by atoms with Gasteiger partial charge in [0.1, 0.15) is 0 Å². The van der Waals surface area contributed by atoms with E-state index in [1.165, 1.54) is 16.7 Å². The second-order valence-electron chi connectivity index (χ2n) is 6.55. The van der Waals surface area contributed by atoms with Crippen LogP contribution in [0, 0.1) is 13.8 Å². The molecule has 1 N–H and O–H groups in total. The minimum Gasteiger partial charge on any atom is -0.337 e. The van der Waals surface area contributed by atoms with Crippen molar-refractivity contribution in [1.29, 1.82) is 0 Å². The number of anilines is 1. The molecule has 0 spiro atoms. The summed E-state index contributed by atoms with van der Waals surface area (Å²) in [4.78, 5) is 25.1. The van der Waals surface area contributed by atoms with Crippen LogP contribution in [-0.4, -0.2) is 47.1 Å². The fourth-order valence-electron chi connectivity index (χ4n) is 3.14. The van der Waals surface area contributed by atoms with Gasteiger partial charge in [-0.3, -0.25) is 0 Å². The molecule has 0 aliphatic carbocycles. The quantitative estimate of drug-likeness (QED) is 0.934. The maximum atomic E-state index is 12.6. The molecule has 1 atom stereocenters. The van der Waals surface area contributed by atoms with E-state index in [0.29, 0.717) is 13.1 Å². The zero-order chi connectivity index (χ0) is 17.8. The average Bonchev–Trinajstić information content (AvgIpc) is 2.64. The molecule has 0 bridgehead atoms. The molecule has 0 saturated carbocycles. The van der Waals surface area contributed by atoms with Gasteiger partial charge in [-0.1, -0.05) is 23.8 Å². The molecule has 0 unspecified atom stereocenters. The molecule has 3 rings (SSSR count). The van der Waals surface area contributed by atoms with Gasteiger partial charge < -0.3 is 15.1 Å². The molecule has 2 heterocycles. The van der Waals surface area contributed by atoms with Crippen molar-refractivity contribution in [3.8, 4) is 0 Å². The molecule has 6 heteroatoms. The lowest BCUT2D eigenvalue weighted by atomic mass is 10.0. The molecule has 132 valence electrons. The lowest BCUT2D eigenvalue weighted by Gasteiger charge is -2.35. The first kappa shape index (κ1) is 17.2. The van der Waals surface area contributed by atoms with Gasteiger partial charge in [-0.15, -0.1) is 0 Å². The monoisotopic (exact) mass is 339 g/mol.